The SMILES string of the molecule is CN=C(NC1CCN(c2cccs2)CC1)NC1CC(C)(OC)C1(C)C. The van der Waals surface area contributed by atoms with Crippen LogP contribution in [0.2, 0.25) is 0 Å². The van der Waals surface area contributed by atoms with Gasteiger partial charge in [0, 0.05) is 44.7 Å². The lowest BCUT2D eigenvalue weighted by molar-refractivity contribution is -0.176. The Morgan fingerprint density at radius 3 is 2.52 bits per heavy atom. The van der Waals surface area contributed by atoms with Crippen molar-refractivity contribution in [3.8, 4) is 0 Å². The zero-order valence-electron chi connectivity index (χ0n) is 16.1. The summed E-state index contributed by atoms with van der Waals surface area (Å²) in [6, 6.07) is 5.21. The van der Waals surface area contributed by atoms with Crippen molar-refractivity contribution in [2.24, 2.45) is 10.4 Å². The van der Waals surface area contributed by atoms with Crippen LogP contribution in [0.4, 0.5) is 5.00 Å². The van der Waals surface area contributed by atoms with E-state index in [1.807, 2.05) is 25.5 Å². The molecule has 0 amide bonds. The zero-order valence-corrected chi connectivity index (χ0v) is 16.9. The molecule has 0 aromatic carbocycles. The molecular weight excluding hydrogens is 332 g/mol. The minimum atomic E-state index is -0.0600. The van der Waals surface area contributed by atoms with Gasteiger partial charge < -0.3 is 20.3 Å². The van der Waals surface area contributed by atoms with Crippen LogP contribution in [0.25, 0.3) is 0 Å². The van der Waals surface area contributed by atoms with Crippen LogP contribution in [0.1, 0.15) is 40.0 Å². The number of thiophene rings is 1. The molecule has 1 saturated carbocycles. The first-order valence-corrected chi connectivity index (χ1v) is 10.1. The number of rotatable bonds is 4. The summed E-state index contributed by atoms with van der Waals surface area (Å²) in [6.07, 6.45) is 3.29. The molecule has 6 heteroatoms. The maximum Gasteiger partial charge on any atom is 0.191 e. The maximum absolute atomic E-state index is 5.73. The number of nitrogens with one attached hydrogen (secondary N) is 2. The summed E-state index contributed by atoms with van der Waals surface area (Å²) in [5, 5.41) is 10.8. The first-order valence-electron chi connectivity index (χ1n) is 9.23. The van der Waals surface area contributed by atoms with E-state index in [-0.39, 0.29) is 11.0 Å². The van der Waals surface area contributed by atoms with Crippen LogP contribution >= 0.6 is 11.3 Å². The highest BCUT2D eigenvalue weighted by atomic mass is 32.1. The van der Waals surface area contributed by atoms with Crippen molar-refractivity contribution in [3.05, 3.63) is 17.5 Å². The Morgan fingerprint density at radius 2 is 2.00 bits per heavy atom. The molecule has 140 valence electrons. The van der Waals surface area contributed by atoms with Crippen LogP contribution < -0.4 is 15.5 Å². The van der Waals surface area contributed by atoms with Gasteiger partial charge >= 0.3 is 0 Å². The Bertz CT molecular complexity index is 593. The average molecular weight is 365 g/mol. The standard InChI is InChI=1S/C19H32N4OS/c1-18(2)15(13-19(18,3)24-5)22-17(20-4)21-14-8-10-23(11-9-14)16-7-6-12-25-16/h6-7,12,14-15H,8-11,13H2,1-5H3,(H2,20,21,22). The fourth-order valence-corrected chi connectivity index (χ4v) is 4.73. The van der Waals surface area contributed by atoms with E-state index in [0.29, 0.717) is 12.1 Å². The number of ether oxygens (including phenoxy) is 1. The quantitative estimate of drug-likeness (QED) is 0.637. The Balaban J connectivity index is 1.49. The Kier molecular flexibility index (Phi) is 5.30. The van der Waals surface area contributed by atoms with Gasteiger partial charge in [-0.05, 0) is 43.7 Å². The summed E-state index contributed by atoms with van der Waals surface area (Å²) < 4.78 is 5.73. The molecule has 0 bridgehead atoms. The lowest BCUT2D eigenvalue weighted by atomic mass is 9.56. The summed E-state index contributed by atoms with van der Waals surface area (Å²) in [4.78, 5) is 6.94. The molecule has 0 radical (unpaired) electrons. The van der Waals surface area contributed by atoms with Gasteiger partial charge in [-0.15, -0.1) is 11.3 Å². The van der Waals surface area contributed by atoms with E-state index in [4.69, 9.17) is 4.74 Å². The molecule has 1 saturated heterocycles. The molecule has 1 aliphatic heterocycles. The number of guanidine groups is 1. The third-order valence-corrected chi connectivity index (χ3v) is 7.40. The summed E-state index contributed by atoms with van der Waals surface area (Å²) in [5.41, 5.74) is 0.0253. The molecule has 2 unspecified atom stereocenters. The highest BCUT2D eigenvalue weighted by molar-refractivity contribution is 7.14. The van der Waals surface area contributed by atoms with Crippen molar-refractivity contribution < 1.29 is 4.74 Å². The van der Waals surface area contributed by atoms with Crippen LogP contribution in [-0.2, 0) is 4.74 Å². The first-order chi connectivity index (χ1) is 11.9. The highest BCUT2D eigenvalue weighted by Gasteiger charge is 2.58. The fourth-order valence-electron chi connectivity index (χ4n) is 3.95. The van der Waals surface area contributed by atoms with E-state index in [2.05, 4.69) is 58.8 Å². The van der Waals surface area contributed by atoms with Crippen molar-refractivity contribution in [1.82, 2.24) is 10.6 Å². The molecule has 0 spiro atoms. The van der Waals surface area contributed by atoms with Crippen LogP contribution in [0.3, 0.4) is 0 Å². The lowest BCUT2D eigenvalue weighted by Gasteiger charge is -2.59. The van der Waals surface area contributed by atoms with E-state index in [0.717, 1.165) is 38.3 Å². The number of aliphatic imine (C=N–C) groups is 1. The van der Waals surface area contributed by atoms with Crippen LogP contribution in [0, 0.1) is 5.41 Å². The van der Waals surface area contributed by atoms with Crippen molar-refractivity contribution >= 4 is 22.3 Å². The van der Waals surface area contributed by atoms with Crippen molar-refractivity contribution in [2.45, 2.75) is 57.7 Å². The minimum absolute atomic E-state index is 0.0600. The molecule has 2 atom stereocenters. The average Bonchev–Trinajstić information content (AvgIpc) is 3.15. The molecule has 1 aromatic rings. The van der Waals surface area contributed by atoms with Gasteiger partial charge in [0.05, 0.1) is 10.6 Å². The van der Waals surface area contributed by atoms with Gasteiger partial charge in [0.1, 0.15) is 0 Å². The van der Waals surface area contributed by atoms with E-state index in [1.54, 1.807) is 0 Å². The summed E-state index contributed by atoms with van der Waals surface area (Å²) in [6.45, 7) is 8.94. The largest absolute Gasteiger partial charge is 0.378 e. The second kappa shape index (κ2) is 7.16. The Hall–Kier alpha value is -1.27. The number of methoxy groups -OCH3 is 1. The van der Waals surface area contributed by atoms with E-state index < -0.39 is 0 Å². The molecule has 2 heterocycles. The number of piperidine rings is 1. The summed E-state index contributed by atoms with van der Waals surface area (Å²) >= 11 is 1.83. The van der Waals surface area contributed by atoms with Crippen LogP contribution in [0.15, 0.2) is 22.5 Å². The molecule has 25 heavy (non-hydrogen) atoms. The second-order valence-electron chi connectivity index (χ2n) is 7.99. The monoisotopic (exact) mass is 364 g/mol. The number of hydrogen-bond donors (Lipinski definition) is 2. The fraction of sp³-hybridized carbons (Fsp3) is 0.737. The molecule has 5 nitrogen and oxygen atoms in total. The van der Waals surface area contributed by atoms with Crippen molar-refractivity contribution in [3.63, 3.8) is 0 Å². The molecule has 2 fully saturated rings. The maximum atomic E-state index is 5.73. The van der Waals surface area contributed by atoms with Crippen LogP contribution in [0.5, 0.6) is 0 Å². The van der Waals surface area contributed by atoms with Gasteiger partial charge in [-0.1, -0.05) is 13.8 Å². The zero-order chi connectivity index (χ0) is 18.1. The highest BCUT2D eigenvalue weighted by Crippen LogP contribution is 2.51. The summed E-state index contributed by atoms with van der Waals surface area (Å²) in [7, 11) is 3.67. The molecule has 1 aromatic heterocycles. The predicted molar refractivity (Wildman–Crippen MR) is 107 cm³/mol. The summed E-state index contributed by atoms with van der Waals surface area (Å²) in [5.74, 6) is 0.922. The second-order valence-corrected chi connectivity index (χ2v) is 8.91. The molecule has 2 N–H and O–H groups in total. The number of anilines is 1. The smallest absolute Gasteiger partial charge is 0.191 e. The van der Waals surface area contributed by atoms with Gasteiger partial charge in [-0.25, -0.2) is 0 Å². The van der Waals surface area contributed by atoms with E-state index in [1.165, 1.54) is 5.00 Å². The van der Waals surface area contributed by atoms with Gasteiger partial charge in [0.15, 0.2) is 5.96 Å². The predicted octanol–water partition coefficient (Wildman–Crippen LogP) is 3.09. The van der Waals surface area contributed by atoms with Gasteiger partial charge in [0.2, 0.25) is 0 Å². The Morgan fingerprint density at radius 1 is 1.28 bits per heavy atom. The van der Waals surface area contributed by atoms with Crippen molar-refractivity contribution in [1.29, 1.82) is 0 Å². The van der Waals surface area contributed by atoms with E-state index in [9.17, 15) is 0 Å². The normalized spacial score (nSPS) is 30.0. The third-order valence-electron chi connectivity index (χ3n) is 6.47. The first kappa shape index (κ1) is 18.5. The van der Waals surface area contributed by atoms with Gasteiger partial charge in [-0.2, -0.15) is 0 Å². The number of nitrogens with zero attached hydrogens (tertiary/aromatic N) is 2. The van der Waals surface area contributed by atoms with Crippen LogP contribution in [-0.4, -0.2) is 50.9 Å². The van der Waals surface area contributed by atoms with Gasteiger partial charge in [-0.3, -0.25) is 4.99 Å². The molecule has 2 aliphatic rings. The third kappa shape index (κ3) is 3.51. The molecule has 1 aliphatic carbocycles. The lowest BCUT2D eigenvalue weighted by Crippen LogP contribution is -2.69. The topological polar surface area (TPSA) is 48.9 Å². The van der Waals surface area contributed by atoms with Gasteiger partial charge in [0.25, 0.3) is 0 Å². The number of hydrogen-bond acceptors (Lipinski definition) is 4. The Labute approximate surface area is 155 Å². The molecule has 3 rings (SSSR count). The minimum Gasteiger partial charge on any atom is -0.378 e. The molecular formula is C19H32N4OS. The van der Waals surface area contributed by atoms with Crippen molar-refractivity contribution in [2.75, 3.05) is 32.1 Å². The van der Waals surface area contributed by atoms with E-state index >= 15 is 0 Å².